The van der Waals surface area contributed by atoms with E-state index in [0.717, 1.165) is 16.0 Å². The fourth-order valence-corrected chi connectivity index (χ4v) is 3.10. The third-order valence-corrected chi connectivity index (χ3v) is 4.71. The minimum atomic E-state index is -0.652. The summed E-state index contributed by atoms with van der Waals surface area (Å²) in [6.45, 7) is 3.27. The Hall–Kier alpha value is -3.48. The number of hydrogen-bond acceptors (Lipinski definition) is 5. The lowest BCUT2D eigenvalue weighted by Crippen LogP contribution is -2.43. The molecule has 0 aliphatic carbocycles. The average Bonchev–Trinajstić information content (AvgIpc) is 2.69. The van der Waals surface area contributed by atoms with Crippen molar-refractivity contribution in [2.75, 3.05) is 18.5 Å². The number of nitrogens with one attached hydrogen (secondary N) is 1. The van der Waals surface area contributed by atoms with Crippen LogP contribution in [0, 0.1) is 13.8 Å². The molecule has 0 radical (unpaired) electrons. The van der Waals surface area contributed by atoms with Gasteiger partial charge in [0.15, 0.2) is 6.61 Å². The normalized spacial score (nSPS) is 13.1. The summed E-state index contributed by atoms with van der Waals surface area (Å²) in [6.07, 6.45) is -0.0500. The summed E-state index contributed by atoms with van der Waals surface area (Å²) in [6, 6.07) is 12.6. The van der Waals surface area contributed by atoms with Gasteiger partial charge in [-0.05, 0) is 42.7 Å². The number of aryl methyl sites for hydroxylation is 2. The fraction of sp³-hybridized carbons (Fsp3) is 0.273. The minimum Gasteiger partial charge on any atom is -0.456 e. The second kappa shape index (κ2) is 8.68. The topological polar surface area (TPSA) is 92.8 Å². The van der Waals surface area contributed by atoms with Crippen LogP contribution in [-0.2, 0) is 25.5 Å². The molecule has 3 rings (SSSR count). The first-order chi connectivity index (χ1) is 13.8. The molecular formula is C22H22N2O5. The molecule has 150 valence electrons. The predicted molar refractivity (Wildman–Crippen MR) is 106 cm³/mol. The second-order valence-electron chi connectivity index (χ2n) is 6.96. The number of imide groups is 1. The van der Waals surface area contributed by atoms with Crippen LogP contribution in [0.3, 0.4) is 0 Å². The van der Waals surface area contributed by atoms with E-state index in [1.165, 1.54) is 0 Å². The number of hydrogen-bond donors (Lipinski definition) is 1. The van der Waals surface area contributed by atoms with Crippen molar-refractivity contribution >= 4 is 29.4 Å². The van der Waals surface area contributed by atoms with Gasteiger partial charge in [0.25, 0.3) is 11.8 Å². The summed E-state index contributed by atoms with van der Waals surface area (Å²) in [5.74, 6) is -1.88. The highest BCUT2D eigenvalue weighted by Crippen LogP contribution is 2.20. The molecule has 0 bridgehead atoms. The number of nitrogens with zero attached hydrogens (tertiary/aromatic N) is 1. The molecule has 0 atom stereocenters. The Kier molecular flexibility index (Phi) is 6.07. The third kappa shape index (κ3) is 4.87. The number of carbonyl (C=O) groups is 4. The quantitative estimate of drug-likeness (QED) is 0.600. The van der Waals surface area contributed by atoms with Gasteiger partial charge in [0.2, 0.25) is 5.91 Å². The van der Waals surface area contributed by atoms with Crippen molar-refractivity contribution in [3.63, 3.8) is 0 Å². The van der Waals surface area contributed by atoms with E-state index in [4.69, 9.17) is 4.74 Å². The Morgan fingerprint density at radius 1 is 1.10 bits per heavy atom. The number of benzene rings is 2. The van der Waals surface area contributed by atoms with E-state index in [-0.39, 0.29) is 25.3 Å². The molecule has 0 fully saturated rings. The number of esters is 1. The van der Waals surface area contributed by atoms with Crippen LogP contribution in [0.4, 0.5) is 5.69 Å². The lowest BCUT2D eigenvalue weighted by atomic mass is 9.98. The fourth-order valence-electron chi connectivity index (χ4n) is 3.10. The van der Waals surface area contributed by atoms with Gasteiger partial charge in [-0.2, -0.15) is 0 Å². The van der Waals surface area contributed by atoms with Gasteiger partial charge in [0, 0.05) is 17.8 Å². The van der Waals surface area contributed by atoms with Gasteiger partial charge in [0.1, 0.15) is 0 Å². The second-order valence-corrected chi connectivity index (χ2v) is 6.96. The van der Waals surface area contributed by atoms with E-state index in [9.17, 15) is 19.2 Å². The third-order valence-electron chi connectivity index (χ3n) is 4.71. The zero-order valence-corrected chi connectivity index (χ0v) is 16.4. The van der Waals surface area contributed by atoms with Crippen molar-refractivity contribution < 1.29 is 23.9 Å². The Labute approximate surface area is 168 Å². The number of ether oxygens (including phenoxy) is 1. The van der Waals surface area contributed by atoms with Gasteiger partial charge >= 0.3 is 5.97 Å². The minimum absolute atomic E-state index is 0.0799. The number of anilines is 1. The molecule has 29 heavy (non-hydrogen) atoms. The van der Waals surface area contributed by atoms with E-state index in [2.05, 4.69) is 5.32 Å². The molecule has 0 unspecified atom stereocenters. The van der Waals surface area contributed by atoms with E-state index in [1.807, 2.05) is 32.0 Å². The van der Waals surface area contributed by atoms with Crippen molar-refractivity contribution in [1.29, 1.82) is 0 Å². The number of rotatable bonds is 6. The molecule has 1 aliphatic heterocycles. The monoisotopic (exact) mass is 394 g/mol. The number of amides is 3. The molecule has 2 aromatic rings. The number of carbonyl (C=O) groups excluding carboxylic acids is 4. The summed E-state index contributed by atoms with van der Waals surface area (Å²) in [5.41, 5.74) is 3.71. The van der Waals surface area contributed by atoms with Crippen molar-refractivity contribution in [3.8, 4) is 0 Å². The zero-order valence-electron chi connectivity index (χ0n) is 16.4. The summed E-state index contributed by atoms with van der Waals surface area (Å²) in [7, 11) is 0. The van der Waals surface area contributed by atoms with Crippen molar-refractivity contribution in [2.24, 2.45) is 0 Å². The van der Waals surface area contributed by atoms with Gasteiger partial charge in [-0.15, -0.1) is 0 Å². The van der Waals surface area contributed by atoms with Crippen LogP contribution >= 0.6 is 0 Å². The molecule has 2 aromatic carbocycles. The first-order valence-electron chi connectivity index (χ1n) is 9.30. The molecule has 7 heteroatoms. The maximum absolute atomic E-state index is 12.5. The molecule has 7 nitrogen and oxygen atoms in total. The van der Waals surface area contributed by atoms with E-state index < -0.39 is 24.4 Å². The first-order valence-corrected chi connectivity index (χ1v) is 9.30. The van der Waals surface area contributed by atoms with E-state index in [1.54, 1.807) is 24.3 Å². The maximum Gasteiger partial charge on any atom is 0.308 e. The van der Waals surface area contributed by atoms with E-state index in [0.29, 0.717) is 16.8 Å². The van der Waals surface area contributed by atoms with Gasteiger partial charge < -0.3 is 10.1 Å². The SMILES string of the molecule is Cc1ccc(C)c(NC(=O)COC(=O)CCN2C(=O)Cc3ccccc3C2=O)c1. The highest BCUT2D eigenvalue weighted by atomic mass is 16.5. The Balaban J connectivity index is 1.49. The lowest BCUT2D eigenvalue weighted by molar-refractivity contribution is -0.147. The summed E-state index contributed by atoms with van der Waals surface area (Å²) < 4.78 is 4.98. The largest absolute Gasteiger partial charge is 0.456 e. The van der Waals surface area contributed by atoms with Crippen LogP contribution in [0.1, 0.15) is 33.5 Å². The molecule has 0 spiro atoms. The van der Waals surface area contributed by atoms with Crippen LogP contribution in [0.15, 0.2) is 42.5 Å². The highest BCUT2D eigenvalue weighted by molar-refractivity contribution is 6.09. The molecule has 0 saturated carbocycles. The predicted octanol–water partition coefficient (Wildman–Crippen LogP) is 2.40. The highest BCUT2D eigenvalue weighted by Gasteiger charge is 2.30. The molecule has 1 aliphatic rings. The summed E-state index contributed by atoms with van der Waals surface area (Å²) >= 11 is 0. The number of fused-ring (bicyclic) bond motifs is 1. The summed E-state index contributed by atoms with van der Waals surface area (Å²) in [4.78, 5) is 49.7. The van der Waals surface area contributed by atoms with Crippen LogP contribution in [0.2, 0.25) is 0 Å². The molecule has 3 amide bonds. The van der Waals surface area contributed by atoms with Crippen molar-refractivity contribution in [1.82, 2.24) is 4.90 Å². The lowest BCUT2D eigenvalue weighted by Gasteiger charge is -2.26. The zero-order chi connectivity index (χ0) is 21.0. The smallest absolute Gasteiger partial charge is 0.308 e. The van der Waals surface area contributed by atoms with Crippen molar-refractivity contribution in [3.05, 3.63) is 64.7 Å². The maximum atomic E-state index is 12.5. The average molecular weight is 394 g/mol. The summed E-state index contributed by atoms with van der Waals surface area (Å²) in [5, 5.41) is 2.70. The first kappa shape index (κ1) is 20.3. The van der Waals surface area contributed by atoms with Gasteiger partial charge in [-0.1, -0.05) is 30.3 Å². The molecule has 1 N–H and O–H groups in total. The van der Waals surface area contributed by atoms with Crippen LogP contribution in [0.25, 0.3) is 0 Å². The molecular weight excluding hydrogens is 372 g/mol. The van der Waals surface area contributed by atoms with Crippen LogP contribution in [-0.4, -0.2) is 41.7 Å². The van der Waals surface area contributed by atoms with Crippen LogP contribution < -0.4 is 5.32 Å². The Morgan fingerprint density at radius 2 is 1.86 bits per heavy atom. The molecule has 0 saturated heterocycles. The van der Waals surface area contributed by atoms with Gasteiger partial charge in [0.05, 0.1) is 12.8 Å². The van der Waals surface area contributed by atoms with Gasteiger partial charge in [-0.3, -0.25) is 24.1 Å². The molecule has 1 heterocycles. The van der Waals surface area contributed by atoms with Gasteiger partial charge in [-0.25, -0.2) is 0 Å². The Bertz CT molecular complexity index is 983. The van der Waals surface area contributed by atoms with Crippen molar-refractivity contribution in [2.45, 2.75) is 26.7 Å². The molecule has 0 aromatic heterocycles. The standard InChI is InChI=1S/C22H22N2O5/c1-14-7-8-15(2)18(11-14)23-19(25)13-29-21(27)9-10-24-20(26)12-16-5-3-4-6-17(16)22(24)28/h3-8,11H,9-10,12-13H2,1-2H3,(H,23,25). The Morgan fingerprint density at radius 3 is 2.66 bits per heavy atom. The van der Waals surface area contributed by atoms with Crippen LogP contribution in [0.5, 0.6) is 0 Å². The van der Waals surface area contributed by atoms with E-state index >= 15 is 0 Å².